The van der Waals surface area contributed by atoms with Crippen LogP contribution in [0.15, 0.2) is 0 Å². The monoisotopic (exact) mass is 254 g/mol. The van der Waals surface area contributed by atoms with Crippen molar-refractivity contribution in [3.8, 4) is 0 Å². The van der Waals surface area contributed by atoms with Crippen molar-refractivity contribution in [2.45, 2.75) is 59.4 Å². The number of amides is 1. The molecule has 1 rings (SSSR count). The van der Waals surface area contributed by atoms with Crippen molar-refractivity contribution >= 4 is 5.91 Å². The molecule has 1 amide bonds. The van der Waals surface area contributed by atoms with E-state index in [9.17, 15) is 4.79 Å². The summed E-state index contributed by atoms with van der Waals surface area (Å²) in [6.45, 7) is 11.6. The molecule has 0 radical (unpaired) electrons. The van der Waals surface area contributed by atoms with E-state index < -0.39 is 0 Å². The second-order valence-electron chi connectivity index (χ2n) is 5.80. The average Bonchev–Trinajstić information content (AvgIpc) is 2.36. The minimum Gasteiger partial charge on any atom is -0.342 e. The van der Waals surface area contributed by atoms with Gasteiger partial charge in [0.15, 0.2) is 0 Å². The van der Waals surface area contributed by atoms with E-state index >= 15 is 0 Å². The maximum atomic E-state index is 12.3. The highest BCUT2D eigenvalue weighted by Gasteiger charge is 2.29. The summed E-state index contributed by atoms with van der Waals surface area (Å²) in [7, 11) is 0. The van der Waals surface area contributed by atoms with Gasteiger partial charge in [-0.15, -0.1) is 0 Å². The Hall–Kier alpha value is -0.570. The highest BCUT2D eigenvalue weighted by atomic mass is 16.2. The minimum atomic E-state index is 0.197. The second kappa shape index (κ2) is 7.78. The topological polar surface area (TPSA) is 32.3 Å². The summed E-state index contributed by atoms with van der Waals surface area (Å²) in [5.41, 5.74) is 0. The van der Waals surface area contributed by atoms with Gasteiger partial charge in [0.25, 0.3) is 0 Å². The number of nitrogens with one attached hydrogen (secondary N) is 1. The van der Waals surface area contributed by atoms with Crippen LogP contribution in [0.2, 0.25) is 0 Å². The van der Waals surface area contributed by atoms with Gasteiger partial charge < -0.3 is 10.2 Å². The van der Waals surface area contributed by atoms with Crippen molar-refractivity contribution < 1.29 is 4.79 Å². The average molecular weight is 254 g/mol. The number of nitrogens with zero attached hydrogens (tertiary/aromatic N) is 1. The summed E-state index contributed by atoms with van der Waals surface area (Å²) in [6.07, 6.45) is 4.39. The zero-order chi connectivity index (χ0) is 13.5. The van der Waals surface area contributed by atoms with Gasteiger partial charge in [0.05, 0.1) is 0 Å². The molecular formula is C15H30N2O. The van der Waals surface area contributed by atoms with Crippen LogP contribution >= 0.6 is 0 Å². The maximum absolute atomic E-state index is 12.3. The van der Waals surface area contributed by atoms with Gasteiger partial charge in [0.1, 0.15) is 0 Å². The molecule has 1 saturated heterocycles. The molecule has 0 spiro atoms. The first-order chi connectivity index (χ1) is 8.60. The molecule has 1 heterocycles. The zero-order valence-corrected chi connectivity index (χ0v) is 12.5. The van der Waals surface area contributed by atoms with Gasteiger partial charge in [-0.1, -0.05) is 34.1 Å². The number of hydrogen-bond donors (Lipinski definition) is 1. The lowest BCUT2D eigenvalue weighted by Gasteiger charge is -2.38. The number of piperidine rings is 1. The van der Waals surface area contributed by atoms with Crippen molar-refractivity contribution in [2.75, 3.05) is 19.6 Å². The number of likely N-dealkylation sites (tertiary alicyclic amines) is 1. The van der Waals surface area contributed by atoms with Crippen molar-refractivity contribution in [2.24, 2.45) is 11.8 Å². The van der Waals surface area contributed by atoms with Gasteiger partial charge >= 0.3 is 0 Å². The van der Waals surface area contributed by atoms with E-state index in [1.54, 1.807) is 0 Å². The summed E-state index contributed by atoms with van der Waals surface area (Å²) >= 11 is 0. The highest BCUT2D eigenvalue weighted by Crippen LogP contribution is 2.20. The van der Waals surface area contributed by atoms with E-state index in [0.717, 1.165) is 38.9 Å². The fraction of sp³-hybridized carbons (Fsp3) is 0.933. The van der Waals surface area contributed by atoms with Crippen molar-refractivity contribution in [1.82, 2.24) is 10.2 Å². The molecule has 0 aromatic heterocycles. The second-order valence-corrected chi connectivity index (χ2v) is 5.80. The molecule has 3 atom stereocenters. The molecule has 0 saturated carbocycles. The van der Waals surface area contributed by atoms with Crippen LogP contribution in [-0.2, 0) is 4.79 Å². The van der Waals surface area contributed by atoms with Gasteiger partial charge in [0.2, 0.25) is 5.91 Å². The molecule has 18 heavy (non-hydrogen) atoms. The van der Waals surface area contributed by atoms with Gasteiger partial charge in [0, 0.05) is 25.0 Å². The SMILES string of the molecule is CCCNC1CCN(C(=O)C(C)CCC)CC1C. The van der Waals surface area contributed by atoms with Crippen LogP contribution in [0.4, 0.5) is 0 Å². The molecule has 0 aliphatic carbocycles. The summed E-state index contributed by atoms with van der Waals surface area (Å²) in [6, 6.07) is 0.593. The largest absolute Gasteiger partial charge is 0.342 e. The molecule has 106 valence electrons. The fourth-order valence-corrected chi connectivity index (χ4v) is 2.85. The van der Waals surface area contributed by atoms with Gasteiger partial charge in [-0.2, -0.15) is 0 Å². The molecular weight excluding hydrogens is 224 g/mol. The molecule has 1 fully saturated rings. The highest BCUT2D eigenvalue weighted by molar-refractivity contribution is 5.78. The number of carbonyl (C=O) groups is 1. The Morgan fingerprint density at radius 2 is 2.11 bits per heavy atom. The Labute approximate surface area is 112 Å². The maximum Gasteiger partial charge on any atom is 0.225 e. The lowest BCUT2D eigenvalue weighted by atomic mass is 9.92. The Balaban J connectivity index is 2.42. The van der Waals surface area contributed by atoms with Crippen LogP contribution in [-0.4, -0.2) is 36.5 Å². The Morgan fingerprint density at radius 1 is 1.39 bits per heavy atom. The van der Waals surface area contributed by atoms with Crippen LogP contribution < -0.4 is 5.32 Å². The summed E-state index contributed by atoms with van der Waals surface area (Å²) in [5.74, 6) is 1.13. The Kier molecular flexibility index (Phi) is 6.69. The van der Waals surface area contributed by atoms with Gasteiger partial charge in [-0.3, -0.25) is 4.79 Å². The number of rotatable bonds is 6. The normalized spacial score (nSPS) is 26.1. The Bertz CT molecular complexity index is 255. The van der Waals surface area contributed by atoms with Crippen molar-refractivity contribution in [3.05, 3.63) is 0 Å². The van der Waals surface area contributed by atoms with E-state index in [1.807, 2.05) is 0 Å². The van der Waals surface area contributed by atoms with Crippen molar-refractivity contribution in [1.29, 1.82) is 0 Å². The molecule has 3 heteroatoms. The molecule has 1 aliphatic rings. The third-order valence-corrected chi connectivity index (χ3v) is 4.02. The lowest BCUT2D eigenvalue weighted by Crippen LogP contribution is -2.51. The van der Waals surface area contributed by atoms with E-state index in [1.165, 1.54) is 6.42 Å². The lowest BCUT2D eigenvalue weighted by molar-refractivity contribution is -0.137. The molecule has 1 aliphatic heterocycles. The van der Waals surface area contributed by atoms with Crippen molar-refractivity contribution in [3.63, 3.8) is 0 Å². The summed E-state index contributed by atoms with van der Waals surface area (Å²) in [5, 5.41) is 3.60. The van der Waals surface area contributed by atoms with Crippen LogP contribution in [0, 0.1) is 11.8 Å². The van der Waals surface area contributed by atoms with E-state index in [-0.39, 0.29) is 5.92 Å². The summed E-state index contributed by atoms with van der Waals surface area (Å²) in [4.78, 5) is 14.3. The Morgan fingerprint density at radius 3 is 2.67 bits per heavy atom. The van der Waals surface area contributed by atoms with E-state index in [0.29, 0.717) is 17.9 Å². The standard InChI is InChI=1S/C15H30N2O/c1-5-7-12(3)15(18)17-10-8-14(13(4)11-17)16-9-6-2/h12-14,16H,5-11H2,1-4H3. The molecule has 0 aromatic carbocycles. The predicted molar refractivity (Wildman–Crippen MR) is 76.5 cm³/mol. The van der Waals surface area contributed by atoms with Gasteiger partial charge in [-0.25, -0.2) is 0 Å². The third-order valence-electron chi connectivity index (χ3n) is 4.02. The molecule has 3 nitrogen and oxygen atoms in total. The van der Waals surface area contributed by atoms with Crippen LogP contribution in [0.5, 0.6) is 0 Å². The molecule has 0 aromatic rings. The van der Waals surface area contributed by atoms with Gasteiger partial charge in [-0.05, 0) is 31.7 Å². The quantitative estimate of drug-likeness (QED) is 0.790. The molecule has 1 N–H and O–H groups in total. The first-order valence-corrected chi connectivity index (χ1v) is 7.62. The minimum absolute atomic E-state index is 0.197. The number of hydrogen-bond acceptors (Lipinski definition) is 2. The van der Waals surface area contributed by atoms with Crippen LogP contribution in [0.3, 0.4) is 0 Å². The summed E-state index contributed by atoms with van der Waals surface area (Å²) < 4.78 is 0. The molecule has 3 unspecified atom stereocenters. The van der Waals surface area contributed by atoms with Crippen LogP contribution in [0.25, 0.3) is 0 Å². The molecule has 0 bridgehead atoms. The van der Waals surface area contributed by atoms with E-state index in [4.69, 9.17) is 0 Å². The fourth-order valence-electron chi connectivity index (χ4n) is 2.85. The van der Waals surface area contributed by atoms with Crippen LogP contribution in [0.1, 0.15) is 53.4 Å². The predicted octanol–water partition coefficient (Wildman–Crippen LogP) is 2.66. The smallest absolute Gasteiger partial charge is 0.225 e. The first kappa shape index (κ1) is 15.5. The number of carbonyl (C=O) groups excluding carboxylic acids is 1. The van der Waals surface area contributed by atoms with E-state index in [2.05, 4.69) is 37.9 Å². The third kappa shape index (κ3) is 4.27. The first-order valence-electron chi connectivity index (χ1n) is 7.62. The zero-order valence-electron chi connectivity index (χ0n) is 12.5.